The molecular formula is C20H19ClF4N4O3. The Morgan fingerprint density at radius 2 is 2.00 bits per heavy atom. The number of hydrogen-bond donors (Lipinski definition) is 2. The lowest BCUT2D eigenvalue weighted by molar-refractivity contribution is -0.249. The van der Waals surface area contributed by atoms with Crippen molar-refractivity contribution in [1.82, 2.24) is 4.98 Å². The maximum Gasteiger partial charge on any atom is 0.424 e. The summed E-state index contributed by atoms with van der Waals surface area (Å²) in [5, 5.41) is 2.77. The molecule has 1 aliphatic heterocycles. The van der Waals surface area contributed by atoms with Gasteiger partial charge < -0.3 is 15.2 Å². The van der Waals surface area contributed by atoms with E-state index in [1.807, 2.05) is 0 Å². The number of benzene rings is 1. The number of halogens is 5. The molecule has 12 heteroatoms. The summed E-state index contributed by atoms with van der Waals surface area (Å²) in [6.07, 6.45) is -4.42. The van der Waals surface area contributed by atoms with Crippen molar-refractivity contribution in [3.8, 4) is 5.88 Å². The number of pyridine rings is 1. The van der Waals surface area contributed by atoms with E-state index in [9.17, 15) is 22.4 Å². The second kappa shape index (κ2) is 8.21. The van der Waals surface area contributed by atoms with Crippen molar-refractivity contribution < 1.29 is 31.8 Å². The van der Waals surface area contributed by atoms with Gasteiger partial charge in [0.25, 0.3) is 0 Å². The predicted molar refractivity (Wildman–Crippen MR) is 109 cm³/mol. The first-order valence-electron chi connectivity index (χ1n) is 9.23. The second-order valence-corrected chi connectivity index (χ2v) is 8.01. The summed E-state index contributed by atoms with van der Waals surface area (Å²) in [7, 11) is 0. The van der Waals surface area contributed by atoms with E-state index >= 15 is 0 Å². The molecule has 7 nitrogen and oxygen atoms in total. The number of carbonyl (C=O) groups excluding carboxylic acids is 1. The van der Waals surface area contributed by atoms with Crippen LogP contribution in [0.4, 0.5) is 28.0 Å². The van der Waals surface area contributed by atoms with Crippen LogP contribution in [0.15, 0.2) is 35.5 Å². The van der Waals surface area contributed by atoms with E-state index in [1.54, 1.807) is 13.0 Å². The summed E-state index contributed by atoms with van der Waals surface area (Å²) in [4.78, 5) is 20.0. The number of aromatic nitrogens is 1. The fraction of sp³-hybridized carbons (Fsp3) is 0.350. The highest BCUT2D eigenvalue weighted by molar-refractivity contribution is 6.30. The quantitative estimate of drug-likeness (QED) is 0.627. The molecule has 0 radical (unpaired) electrons. The number of aryl methyl sites for hydroxylation is 1. The summed E-state index contributed by atoms with van der Waals surface area (Å²) in [6, 6.07) is 5.05. The molecule has 2 heterocycles. The Balaban J connectivity index is 1.85. The molecule has 0 bridgehead atoms. The lowest BCUT2D eigenvalue weighted by atomic mass is 9.89. The van der Waals surface area contributed by atoms with Gasteiger partial charge in [-0.15, -0.1) is 0 Å². The van der Waals surface area contributed by atoms with Crippen LogP contribution in [0.3, 0.4) is 0 Å². The van der Waals surface area contributed by atoms with E-state index in [0.29, 0.717) is 10.6 Å². The third kappa shape index (κ3) is 4.49. The monoisotopic (exact) mass is 474 g/mol. The van der Waals surface area contributed by atoms with Crippen LogP contribution >= 0.6 is 11.6 Å². The van der Waals surface area contributed by atoms with Gasteiger partial charge in [0, 0.05) is 23.0 Å². The van der Waals surface area contributed by atoms with Gasteiger partial charge in [-0.05, 0) is 45.0 Å². The molecular weight excluding hydrogens is 456 g/mol. The standard InChI is InChI=1S/C20H19ClF4N4O3/c1-10-6-11(21)8-27-15(10)32-17(30)28-12-4-5-14(22)13(7-12)18(2)9-31-19(3,16(26)29-18)20(23,24)25/h4-8H,9H2,1-3H3,(H2,26,29)(H,28,30). The molecule has 0 saturated carbocycles. The van der Waals surface area contributed by atoms with Gasteiger partial charge >= 0.3 is 12.3 Å². The van der Waals surface area contributed by atoms with Crippen molar-refractivity contribution in [3.05, 3.63) is 52.4 Å². The van der Waals surface area contributed by atoms with E-state index in [1.165, 1.54) is 25.3 Å². The highest BCUT2D eigenvalue weighted by Crippen LogP contribution is 2.41. The zero-order chi connectivity index (χ0) is 23.9. The summed E-state index contributed by atoms with van der Waals surface area (Å²) >= 11 is 5.81. The largest absolute Gasteiger partial charge is 0.424 e. The number of rotatable bonds is 3. The minimum Gasteiger partial charge on any atom is -0.391 e. The van der Waals surface area contributed by atoms with Crippen molar-refractivity contribution in [2.45, 2.75) is 38.1 Å². The molecule has 1 amide bonds. The molecule has 1 aromatic heterocycles. The fourth-order valence-corrected chi connectivity index (χ4v) is 3.22. The van der Waals surface area contributed by atoms with Crippen LogP contribution in [0.5, 0.6) is 5.88 Å². The molecule has 0 spiro atoms. The van der Waals surface area contributed by atoms with E-state index in [4.69, 9.17) is 26.8 Å². The second-order valence-electron chi connectivity index (χ2n) is 7.58. The number of anilines is 1. The van der Waals surface area contributed by atoms with Gasteiger partial charge in [0.1, 0.15) is 17.2 Å². The maximum absolute atomic E-state index is 14.6. The van der Waals surface area contributed by atoms with Crippen molar-refractivity contribution in [3.63, 3.8) is 0 Å². The minimum absolute atomic E-state index is 0.0192. The van der Waals surface area contributed by atoms with Gasteiger partial charge in [-0.3, -0.25) is 10.3 Å². The van der Waals surface area contributed by atoms with Crippen LogP contribution in [-0.2, 0) is 10.3 Å². The highest BCUT2D eigenvalue weighted by atomic mass is 35.5. The number of amides is 1. The Bertz CT molecular complexity index is 1090. The average molecular weight is 475 g/mol. The lowest BCUT2D eigenvalue weighted by Gasteiger charge is -2.41. The topological polar surface area (TPSA) is 98.8 Å². The molecule has 1 aromatic carbocycles. The zero-order valence-corrected chi connectivity index (χ0v) is 17.9. The normalized spacial score (nSPS) is 23.4. The Morgan fingerprint density at radius 3 is 2.59 bits per heavy atom. The minimum atomic E-state index is -4.80. The Labute approximate surface area is 185 Å². The average Bonchev–Trinajstić information content (AvgIpc) is 2.68. The number of nitrogens with one attached hydrogen (secondary N) is 1. The van der Waals surface area contributed by atoms with E-state index in [-0.39, 0.29) is 17.1 Å². The molecule has 0 aliphatic carbocycles. The fourth-order valence-electron chi connectivity index (χ4n) is 3.01. The number of nitrogens with two attached hydrogens (primary N) is 1. The number of ether oxygens (including phenoxy) is 2. The lowest BCUT2D eigenvalue weighted by Crippen LogP contribution is -2.60. The van der Waals surface area contributed by atoms with Crippen molar-refractivity contribution >= 4 is 29.2 Å². The summed E-state index contributed by atoms with van der Waals surface area (Å²) in [5.74, 6) is -1.58. The SMILES string of the molecule is Cc1cc(Cl)cnc1OC(=O)Nc1ccc(F)c(C2(C)COC(C)(C(F)(F)F)C(N)=N2)c1. The number of nitrogens with zero attached hydrogens (tertiary/aromatic N) is 2. The predicted octanol–water partition coefficient (Wildman–Crippen LogP) is 4.72. The Kier molecular flexibility index (Phi) is 6.09. The zero-order valence-electron chi connectivity index (χ0n) is 17.2. The molecule has 2 aromatic rings. The molecule has 2 atom stereocenters. The molecule has 0 saturated heterocycles. The molecule has 3 rings (SSSR count). The number of carbonyl (C=O) groups is 1. The van der Waals surface area contributed by atoms with Gasteiger partial charge in [-0.2, -0.15) is 13.2 Å². The first-order chi connectivity index (χ1) is 14.7. The molecule has 1 aliphatic rings. The Hall–Kier alpha value is -2.92. The van der Waals surface area contributed by atoms with Gasteiger partial charge in [0.05, 0.1) is 11.6 Å². The van der Waals surface area contributed by atoms with Crippen molar-refractivity contribution in [2.24, 2.45) is 10.7 Å². The van der Waals surface area contributed by atoms with Gasteiger partial charge in [0.15, 0.2) is 0 Å². The number of hydrogen-bond acceptors (Lipinski definition) is 6. The molecule has 0 fully saturated rings. The van der Waals surface area contributed by atoms with Crippen LogP contribution < -0.4 is 15.8 Å². The maximum atomic E-state index is 14.6. The van der Waals surface area contributed by atoms with Crippen molar-refractivity contribution in [1.29, 1.82) is 0 Å². The molecule has 32 heavy (non-hydrogen) atoms. The van der Waals surface area contributed by atoms with Crippen LogP contribution in [0.25, 0.3) is 0 Å². The van der Waals surface area contributed by atoms with Crippen LogP contribution in [0.2, 0.25) is 5.02 Å². The van der Waals surface area contributed by atoms with Gasteiger partial charge in [-0.1, -0.05) is 11.6 Å². The molecule has 172 valence electrons. The van der Waals surface area contributed by atoms with Crippen LogP contribution in [0.1, 0.15) is 25.0 Å². The molecule has 2 unspecified atom stereocenters. The smallest absolute Gasteiger partial charge is 0.391 e. The third-order valence-corrected chi connectivity index (χ3v) is 5.22. The number of alkyl halides is 3. The summed E-state index contributed by atoms with van der Waals surface area (Å²) in [5.41, 5.74) is 1.72. The van der Waals surface area contributed by atoms with Crippen LogP contribution in [-0.4, -0.2) is 35.3 Å². The highest BCUT2D eigenvalue weighted by Gasteiger charge is 2.59. The number of amidine groups is 1. The Morgan fingerprint density at radius 1 is 1.31 bits per heavy atom. The van der Waals surface area contributed by atoms with Crippen molar-refractivity contribution in [2.75, 3.05) is 11.9 Å². The number of aliphatic imine (C=N–C) groups is 1. The van der Waals surface area contributed by atoms with Gasteiger partial charge in [0.2, 0.25) is 11.5 Å². The van der Waals surface area contributed by atoms with E-state index < -0.39 is 41.7 Å². The first kappa shape index (κ1) is 23.7. The molecule has 3 N–H and O–H groups in total. The summed E-state index contributed by atoms with van der Waals surface area (Å²) < 4.78 is 64.6. The summed E-state index contributed by atoms with van der Waals surface area (Å²) in [6.45, 7) is 3.17. The van der Waals surface area contributed by atoms with Crippen LogP contribution in [0, 0.1) is 12.7 Å². The van der Waals surface area contributed by atoms with Gasteiger partial charge in [-0.25, -0.2) is 14.2 Å². The first-order valence-corrected chi connectivity index (χ1v) is 9.60. The van der Waals surface area contributed by atoms with E-state index in [0.717, 1.165) is 13.0 Å². The third-order valence-electron chi connectivity index (χ3n) is 5.02. The van der Waals surface area contributed by atoms with E-state index in [2.05, 4.69) is 15.3 Å².